The van der Waals surface area contributed by atoms with Gasteiger partial charge in [0.1, 0.15) is 5.75 Å². The van der Waals surface area contributed by atoms with Gasteiger partial charge in [0, 0.05) is 24.1 Å². The zero-order valence-corrected chi connectivity index (χ0v) is 15.0. The molecule has 0 saturated carbocycles. The van der Waals surface area contributed by atoms with Crippen LogP contribution in [0, 0.1) is 10.1 Å². The maximum absolute atomic E-state index is 10.9. The largest absolute Gasteiger partial charge is 0.497 e. The molecule has 3 aromatic rings. The molecule has 0 amide bonds. The zero-order chi connectivity index (χ0) is 19.4. The van der Waals surface area contributed by atoms with Crippen LogP contribution in [0.4, 0.5) is 11.4 Å². The summed E-state index contributed by atoms with van der Waals surface area (Å²) in [5, 5.41) is 32.1. The minimum atomic E-state index is -0.522. The first kappa shape index (κ1) is 18.3. The average molecular weight is 385 g/mol. The SMILES string of the molecule is COc1ccc(CNC(=S)N=Nc2c(O)[nH]c3ccc([N+](=O)[O-])cc23)cc1. The van der Waals surface area contributed by atoms with Crippen LogP contribution in [-0.2, 0) is 6.54 Å². The van der Waals surface area contributed by atoms with Gasteiger partial charge in [-0.25, -0.2) is 0 Å². The van der Waals surface area contributed by atoms with Gasteiger partial charge in [0.05, 0.1) is 17.5 Å². The number of thiocarbonyl (C=S) groups is 1. The van der Waals surface area contributed by atoms with Crippen LogP contribution >= 0.6 is 12.2 Å². The van der Waals surface area contributed by atoms with Crippen molar-refractivity contribution in [1.29, 1.82) is 0 Å². The molecule has 0 aliphatic rings. The lowest BCUT2D eigenvalue weighted by Gasteiger charge is -2.04. The maximum atomic E-state index is 10.9. The Labute approximate surface area is 158 Å². The van der Waals surface area contributed by atoms with E-state index in [0.717, 1.165) is 11.3 Å². The van der Waals surface area contributed by atoms with Crippen LogP contribution in [-0.4, -0.2) is 27.2 Å². The molecule has 1 aromatic heterocycles. The lowest BCUT2D eigenvalue weighted by molar-refractivity contribution is -0.384. The summed E-state index contributed by atoms with van der Waals surface area (Å²) in [4.78, 5) is 13.1. The number of aromatic nitrogens is 1. The molecule has 0 radical (unpaired) electrons. The van der Waals surface area contributed by atoms with Gasteiger partial charge in [-0.2, -0.15) is 0 Å². The summed E-state index contributed by atoms with van der Waals surface area (Å²) in [6.07, 6.45) is 0. The van der Waals surface area contributed by atoms with Crippen molar-refractivity contribution >= 4 is 39.6 Å². The molecular weight excluding hydrogens is 370 g/mol. The van der Waals surface area contributed by atoms with Crippen molar-refractivity contribution < 1.29 is 14.8 Å². The van der Waals surface area contributed by atoms with Crippen molar-refractivity contribution in [2.75, 3.05) is 7.11 Å². The summed E-state index contributed by atoms with van der Waals surface area (Å²) in [5.41, 5.74) is 1.45. The maximum Gasteiger partial charge on any atom is 0.270 e. The number of nitro groups is 1. The van der Waals surface area contributed by atoms with E-state index in [1.54, 1.807) is 7.11 Å². The molecule has 1 heterocycles. The van der Waals surface area contributed by atoms with E-state index >= 15 is 0 Å². The molecular formula is C17H15N5O4S. The number of H-pyrrole nitrogens is 1. The fourth-order valence-corrected chi connectivity index (χ4v) is 2.53. The second-order valence-corrected chi connectivity index (χ2v) is 5.90. The van der Waals surface area contributed by atoms with E-state index in [9.17, 15) is 15.2 Å². The Balaban J connectivity index is 1.72. The molecule has 0 bridgehead atoms. The number of hydrogen-bond donors (Lipinski definition) is 3. The minimum absolute atomic E-state index is 0.0855. The topological polar surface area (TPSA) is 125 Å². The molecule has 0 spiro atoms. The summed E-state index contributed by atoms with van der Waals surface area (Å²) in [5.74, 6) is 0.511. The van der Waals surface area contributed by atoms with Crippen LogP contribution in [0.25, 0.3) is 10.9 Å². The van der Waals surface area contributed by atoms with Crippen molar-refractivity contribution in [3.05, 3.63) is 58.1 Å². The predicted octanol–water partition coefficient (Wildman–Crippen LogP) is 3.95. The van der Waals surface area contributed by atoms with E-state index in [4.69, 9.17) is 17.0 Å². The third-order valence-corrected chi connectivity index (χ3v) is 4.02. The molecule has 10 heteroatoms. The van der Waals surface area contributed by atoms with Crippen LogP contribution in [0.1, 0.15) is 5.56 Å². The first-order valence-corrected chi connectivity index (χ1v) is 8.20. The van der Waals surface area contributed by atoms with Crippen molar-refractivity contribution in [3.8, 4) is 11.6 Å². The average Bonchev–Trinajstić information content (AvgIpc) is 2.99. The lowest BCUT2D eigenvalue weighted by atomic mass is 10.2. The number of aromatic amines is 1. The summed E-state index contributed by atoms with van der Waals surface area (Å²) < 4.78 is 5.10. The number of nitrogens with one attached hydrogen (secondary N) is 2. The second-order valence-electron chi connectivity index (χ2n) is 5.52. The molecule has 3 N–H and O–H groups in total. The van der Waals surface area contributed by atoms with Gasteiger partial charge in [-0.15, -0.1) is 10.2 Å². The van der Waals surface area contributed by atoms with Gasteiger partial charge in [0.15, 0.2) is 5.69 Å². The number of azo groups is 1. The summed E-state index contributed by atoms with van der Waals surface area (Å²) in [6, 6.07) is 11.6. The van der Waals surface area contributed by atoms with E-state index in [1.165, 1.54) is 18.2 Å². The number of nitro benzene ring substituents is 1. The van der Waals surface area contributed by atoms with Crippen molar-refractivity contribution in [2.24, 2.45) is 10.2 Å². The number of benzene rings is 2. The van der Waals surface area contributed by atoms with E-state index in [2.05, 4.69) is 20.5 Å². The van der Waals surface area contributed by atoms with Gasteiger partial charge >= 0.3 is 0 Å². The molecule has 2 aromatic carbocycles. The fraction of sp³-hybridized carbons (Fsp3) is 0.118. The van der Waals surface area contributed by atoms with E-state index in [0.29, 0.717) is 17.4 Å². The standard InChI is InChI=1S/C17H15N5O4S/c1-26-12-5-2-10(3-6-12)9-18-17(27)21-20-15-13-8-11(22(24)25)4-7-14(13)19-16(15)23/h2-8,19,23H,9H2,1H3,(H,18,27). The normalized spacial score (nSPS) is 11.0. The highest BCUT2D eigenvalue weighted by molar-refractivity contribution is 7.80. The predicted molar refractivity (Wildman–Crippen MR) is 104 cm³/mol. The molecule has 9 nitrogen and oxygen atoms in total. The number of non-ortho nitro benzene ring substituents is 1. The molecule has 3 rings (SSSR count). The third kappa shape index (κ3) is 4.18. The van der Waals surface area contributed by atoms with Crippen LogP contribution in [0.2, 0.25) is 0 Å². The van der Waals surface area contributed by atoms with E-state index in [1.807, 2.05) is 24.3 Å². The zero-order valence-electron chi connectivity index (χ0n) is 14.2. The number of methoxy groups -OCH3 is 1. The highest BCUT2D eigenvalue weighted by Gasteiger charge is 2.15. The van der Waals surface area contributed by atoms with Gasteiger partial charge in [-0.1, -0.05) is 12.1 Å². The van der Waals surface area contributed by atoms with Gasteiger partial charge in [-0.3, -0.25) is 10.1 Å². The number of ether oxygens (including phenoxy) is 1. The Morgan fingerprint density at radius 1 is 1.33 bits per heavy atom. The van der Waals surface area contributed by atoms with Gasteiger partial charge in [0.2, 0.25) is 11.0 Å². The summed E-state index contributed by atoms with van der Waals surface area (Å²) >= 11 is 5.11. The number of aromatic hydroxyl groups is 1. The fourth-order valence-electron chi connectivity index (χ4n) is 2.42. The molecule has 27 heavy (non-hydrogen) atoms. The molecule has 138 valence electrons. The number of rotatable bonds is 5. The Hall–Kier alpha value is -3.53. The smallest absolute Gasteiger partial charge is 0.270 e. The molecule has 0 aliphatic heterocycles. The van der Waals surface area contributed by atoms with Gasteiger partial charge in [0.25, 0.3) is 5.69 Å². The molecule has 0 atom stereocenters. The second kappa shape index (κ2) is 7.79. The lowest BCUT2D eigenvalue weighted by Crippen LogP contribution is -2.18. The Morgan fingerprint density at radius 2 is 2.07 bits per heavy atom. The highest BCUT2D eigenvalue weighted by atomic mass is 32.1. The van der Waals surface area contributed by atoms with Crippen LogP contribution in [0.15, 0.2) is 52.7 Å². The Kier molecular flexibility index (Phi) is 5.27. The third-order valence-electron chi connectivity index (χ3n) is 3.79. The number of hydrogen-bond acceptors (Lipinski definition) is 6. The van der Waals surface area contributed by atoms with Gasteiger partial charge < -0.3 is 20.1 Å². The van der Waals surface area contributed by atoms with Crippen molar-refractivity contribution in [3.63, 3.8) is 0 Å². The quantitative estimate of drug-likeness (QED) is 0.264. The Bertz CT molecular complexity index is 1030. The summed E-state index contributed by atoms with van der Waals surface area (Å²) in [7, 11) is 1.59. The molecule has 0 saturated heterocycles. The minimum Gasteiger partial charge on any atom is -0.497 e. The first-order chi connectivity index (χ1) is 13.0. The number of nitrogens with zero attached hydrogens (tertiary/aromatic N) is 3. The Morgan fingerprint density at radius 3 is 2.74 bits per heavy atom. The van der Waals surface area contributed by atoms with Crippen LogP contribution in [0.3, 0.4) is 0 Å². The first-order valence-electron chi connectivity index (χ1n) is 7.79. The van der Waals surface area contributed by atoms with Crippen molar-refractivity contribution in [1.82, 2.24) is 10.3 Å². The molecule has 0 fully saturated rings. The molecule has 0 unspecified atom stereocenters. The van der Waals surface area contributed by atoms with Crippen LogP contribution in [0.5, 0.6) is 11.6 Å². The molecule has 0 aliphatic carbocycles. The monoisotopic (exact) mass is 385 g/mol. The van der Waals surface area contributed by atoms with E-state index < -0.39 is 4.92 Å². The number of fused-ring (bicyclic) bond motifs is 1. The van der Waals surface area contributed by atoms with Crippen LogP contribution < -0.4 is 10.1 Å². The van der Waals surface area contributed by atoms with Gasteiger partial charge in [-0.05, 0) is 36.0 Å². The van der Waals surface area contributed by atoms with Crippen molar-refractivity contribution in [2.45, 2.75) is 6.54 Å². The highest BCUT2D eigenvalue weighted by Crippen LogP contribution is 2.37. The summed E-state index contributed by atoms with van der Waals surface area (Å²) in [6.45, 7) is 0.438. The van der Waals surface area contributed by atoms with E-state index in [-0.39, 0.29) is 22.4 Å².